The molecule has 8 heteroatoms. The van der Waals surface area contributed by atoms with Crippen LogP contribution in [0.3, 0.4) is 0 Å². The molecule has 1 atom stereocenters. The topological polar surface area (TPSA) is 91.0 Å². The highest BCUT2D eigenvalue weighted by atomic mass is 16.5. The van der Waals surface area contributed by atoms with Crippen molar-refractivity contribution in [1.82, 2.24) is 24.6 Å². The van der Waals surface area contributed by atoms with E-state index in [-0.39, 0.29) is 17.8 Å². The van der Waals surface area contributed by atoms with Gasteiger partial charge in [-0.1, -0.05) is 24.3 Å². The van der Waals surface area contributed by atoms with Crippen LogP contribution in [0.4, 0.5) is 0 Å². The van der Waals surface area contributed by atoms with E-state index in [1.165, 1.54) is 6.20 Å². The Morgan fingerprint density at radius 3 is 2.81 bits per heavy atom. The molecule has 0 aliphatic rings. The number of carbonyl (C=O) groups excluding carboxylic acids is 1. The maximum atomic E-state index is 12.9. The Balaban J connectivity index is 1.55. The van der Waals surface area contributed by atoms with Crippen LogP contribution in [0.15, 0.2) is 71.9 Å². The largest absolute Gasteiger partial charge is 0.497 e. The lowest BCUT2D eigenvalue weighted by Gasteiger charge is -2.20. The SMILES string of the molecule is COc1cccc(C(NC(=O)CCn2ncc(=O)c3ccccc32)c2nccn2C)c1. The molecule has 31 heavy (non-hydrogen) atoms. The summed E-state index contributed by atoms with van der Waals surface area (Å²) in [6.45, 7) is 0.345. The van der Waals surface area contributed by atoms with Crippen LogP contribution in [0.5, 0.6) is 5.75 Å². The summed E-state index contributed by atoms with van der Waals surface area (Å²) in [5.41, 5.74) is 1.44. The van der Waals surface area contributed by atoms with Crippen LogP contribution in [0, 0.1) is 0 Å². The summed E-state index contributed by atoms with van der Waals surface area (Å²) in [5.74, 6) is 1.27. The quantitative estimate of drug-likeness (QED) is 0.499. The first-order valence-electron chi connectivity index (χ1n) is 9.92. The van der Waals surface area contributed by atoms with Gasteiger partial charge in [0.1, 0.15) is 17.6 Å². The second-order valence-electron chi connectivity index (χ2n) is 7.17. The van der Waals surface area contributed by atoms with Gasteiger partial charge in [-0.3, -0.25) is 14.3 Å². The van der Waals surface area contributed by atoms with Crippen molar-refractivity contribution in [2.45, 2.75) is 19.0 Å². The van der Waals surface area contributed by atoms with Gasteiger partial charge in [0.2, 0.25) is 11.3 Å². The second kappa shape index (κ2) is 8.83. The number of ether oxygens (including phenoxy) is 1. The van der Waals surface area contributed by atoms with Crippen LogP contribution >= 0.6 is 0 Å². The minimum Gasteiger partial charge on any atom is -0.497 e. The number of carbonyl (C=O) groups is 1. The van der Waals surface area contributed by atoms with Gasteiger partial charge in [-0.05, 0) is 29.8 Å². The van der Waals surface area contributed by atoms with E-state index in [0.29, 0.717) is 29.0 Å². The van der Waals surface area contributed by atoms with E-state index in [2.05, 4.69) is 15.4 Å². The van der Waals surface area contributed by atoms with Crippen molar-refractivity contribution in [3.8, 4) is 5.75 Å². The zero-order valence-corrected chi connectivity index (χ0v) is 17.4. The predicted molar refractivity (Wildman–Crippen MR) is 117 cm³/mol. The summed E-state index contributed by atoms with van der Waals surface area (Å²) in [6.07, 6.45) is 5.02. The number of para-hydroxylation sites is 1. The minimum atomic E-state index is -0.429. The van der Waals surface area contributed by atoms with Crippen molar-refractivity contribution in [3.63, 3.8) is 0 Å². The lowest BCUT2D eigenvalue weighted by atomic mass is 10.1. The average molecular weight is 417 g/mol. The predicted octanol–water partition coefficient (Wildman–Crippen LogP) is 2.43. The van der Waals surface area contributed by atoms with Gasteiger partial charge < -0.3 is 14.6 Å². The fraction of sp³-hybridized carbons (Fsp3) is 0.217. The van der Waals surface area contributed by atoms with Gasteiger partial charge in [0.15, 0.2) is 0 Å². The molecule has 0 saturated carbocycles. The first-order chi connectivity index (χ1) is 15.1. The van der Waals surface area contributed by atoms with E-state index in [9.17, 15) is 9.59 Å². The molecule has 2 heterocycles. The zero-order valence-electron chi connectivity index (χ0n) is 17.4. The Bertz CT molecular complexity index is 1280. The number of benzene rings is 2. The molecule has 1 unspecified atom stereocenters. The second-order valence-corrected chi connectivity index (χ2v) is 7.17. The van der Waals surface area contributed by atoms with Gasteiger partial charge in [0, 0.05) is 31.2 Å². The van der Waals surface area contributed by atoms with Gasteiger partial charge >= 0.3 is 0 Å². The Morgan fingerprint density at radius 2 is 2.03 bits per heavy atom. The van der Waals surface area contributed by atoms with Crippen molar-refractivity contribution >= 4 is 16.8 Å². The summed E-state index contributed by atoms with van der Waals surface area (Å²) < 4.78 is 8.89. The Labute approximate surface area is 179 Å². The standard InChI is InChI=1S/C23H23N5O3/c1-27-13-11-24-23(27)22(16-6-5-7-17(14-16)31-2)26-21(30)10-12-28-19-9-4-3-8-18(19)20(29)15-25-28/h3-9,11,13-15,22H,10,12H2,1-2H3,(H,26,30). The van der Waals surface area contributed by atoms with Crippen LogP contribution in [-0.4, -0.2) is 32.3 Å². The van der Waals surface area contributed by atoms with Crippen LogP contribution in [0.25, 0.3) is 10.9 Å². The van der Waals surface area contributed by atoms with Crippen LogP contribution < -0.4 is 15.5 Å². The van der Waals surface area contributed by atoms with Crippen LogP contribution in [0.1, 0.15) is 23.9 Å². The molecule has 2 aromatic heterocycles. The molecule has 0 fully saturated rings. The Hall–Kier alpha value is -3.94. The minimum absolute atomic E-state index is 0.135. The van der Waals surface area contributed by atoms with Gasteiger partial charge in [-0.25, -0.2) is 4.98 Å². The summed E-state index contributed by atoms with van der Waals surface area (Å²) in [5, 5.41) is 7.85. The van der Waals surface area contributed by atoms with Crippen LogP contribution in [-0.2, 0) is 18.4 Å². The maximum Gasteiger partial charge on any atom is 0.222 e. The molecule has 0 saturated heterocycles. The molecule has 4 aromatic rings. The first-order valence-corrected chi connectivity index (χ1v) is 9.92. The Kier molecular flexibility index (Phi) is 5.79. The van der Waals surface area contributed by atoms with Gasteiger partial charge in [-0.2, -0.15) is 5.10 Å². The molecule has 0 aliphatic carbocycles. The highest BCUT2D eigenvalue weighted by Crippen LogP contribution is 2.24. The number of rotatable bonds is 7. The highest BCUT2D eigenvalue weighted by Gasteiger charge is 2.21. The number of imidazole rings is 1. The van der Waals surface area contributed by atoms with Gasteiger partial charge in [0.05, 0.1) is 25.4 Å². The van der Waals surface area contributed by atoms with E-state index in [1.54, 1.807) is 24.1 Å². The molecule has 1 N–H and O–H groups in total. The summed E-state index contributed by atoms with van der Waals surface area (Å²) in [6, 6.07) is 14.4. The molecular weight excluding hydrogens is 394 g/mol. The van der Waals surface area contributed by atoms with Gasteiger partial charge in [0.25, 0.3) is 0 Å². The molecule has 0 spiro atoms. The number of aromatic nitrogens is 4. The monoisotopic (exact) mass is 417 g/mol. The average Bonchev–Trinajstić information content (AvgIpc) is 3.22. The number of hydrogen-bond donors (Lipinski definition) is 1. The molecule has 1 amide bonds. The number of fused-ring (bicyclic) bond motifs is 1. The van der Waals surface area contributed by atoms with Crippen molar-refractivity contribution in [3.05, 3.63) is 88.7 Å². The van der Waals surface area contributed by atoms with E-state index in [0.717, 1.165) is 5.56 Å². The highest BCUT2D eigenvalue weighted by molar-refractivity contribution is 5.79. The fourth-order valence-electron chi connectivity index (χ4n) is 3.55. The lowest BCUT2D eigenvalue weighted by Crippen LogP contribution is -2.32. The van der Waals surface area contributed by atoms with Crippen molar-refractivity contribution in [2.75, 3.05) is 7.11 Å². The smallest absolute Gasteiger partial charge is 0.222 e. The molecule has 0 aliphatic heterocycles. The summed E-state index contributed by atoms with van der Waals surface area (Å²) in [4.78, 5) is 29.3. The molecule has 4 rings (SSSR count). The number of methoxy groups -OCH3 is 1. The third kappa shape index (κ3) is 4.32. The van der Waals surface area contributed by atoms with Crippen molar-refractivity contribution in [2.24, 2.45) is 7.05 Å². The third-order valence-electron chi connectivity index (χ3n) is 5.16. The molecular formula is C23H23N5O3. The molecule has 0 bridgehead atoms. The molecule has 158 valence electrons. The zero-order chi connectivity index (χ0) is 21.8. The fourth-order valence-corrected chi connectivity index (χ4v) is 3.55. The van der Waals surface area contributed by atoms with Crippen LogP contribution in [0.2, 0.25) is 0 Å². The van der Waals surface area contributed by atoms with E-state index in [1.807, 2.05) is 60.3 Å². The molecule has 0 radical (unpaired) electrons. The van der Waals surface area contributed by atoms with Crippen molar-refractivity contribution in [1.29, 1.82) is 0 Å². The number of aryl methyl sites for hydroxylation is 2. The number of hydrogen-bond acceptors (Lipinski definition) is 5. The molecule has 8 nitrogen and oxygen atoms in total. The number of amides is 1. The lowest BCUT2D eigenvalue weighted by molar-refractivity contribution is -0.121. The number of nitrogens with zero attached hydrogens (tertiary/aromatic N) is 4. The van der Waals surface area contributed by atoms with E-state index in [4.69, 9.17) is 4.74 Å². The van der Waals surface area contributed by atoms with E-state index < -0.39 is 6.04 Å². The Morgan fingerprint density at radius 1 is 1.19 bits per heavy atom. The first kappa shape index (κ1) is 20.3. The number of nitrogens with one attached hydrogen (secondary N) is 1. The van der Waals surface area contributed by atoms with Gasteiger partial charge in [-0.15, -0.1) is 0 Å². The molecule has 2 aromatic carbocycles. The van der Waals surface area contributed by atoms with Crippen molar-refractivity contribution < 1.29 is 9.53 Å². The maximum absolute atomic E-state index is 12.9. The third-order valence-corrected chi connectivity index (χ3v) is 5.16. The summed E-state index contributed by atoms with van der Waals surface area (Å²) >= 11 is 0. The van der Waals surface area contributed by atoms with E-state index >= 15 is 0 Å². The summed E-state index contributed by atoms with van der Waals surface area (Å²) in [7, 11) is 3.49. The normalized spacial score (nSPS) is 11.9.